The number of hydrogen-bond donors (Lipinski definition) is 2. The van der Waals surface area contributed by atoms with Crippen LogP contribution in [0.2, 0.25) is 0 Å². The van der Waals surface area contributed by atoms with Crippen LogP contribution in [0.25, 0.3) is 11.0 Å². The Labute approximate surface area is 111 Å². The first-order valence-electron chi connectivity index (χ1n) is 6.59. The molecule has 1 saturated carbocycles. The van der Waals surface area contributed by atoms with Gasteiger partial charge in [-0.05, 0) is 36.6 Å². The van der Waals surface area contributed by atoms with E-state index in [1.54, 1.807) is 0 Å². The van der Waals surface area contributed by atoms with Crippen molar-refractivity contribution in [2.24, 2.45) is 0 Å². The van der Waals surface area contributed by atoms with Crippen LogP contribution in [0.15, 0.2) is 48.5 Å². The van der Waals surface area contributed by atoms with Gasteiger partial charge in [-0.3, -0.25) is 0 Å². The summed E-state index contributed by atoms with van der Waals surface area (Å²) in [6, 6.07) is 16.4. The van der Waals surface area contributed by atoms with E-state index in [2.05, 4.69) is 35.3 Å². The summed E-state index contributed by atoms with van der Waals surface area (Å²) < 4.78 is 0. The van der Waals surface area contributed by atoms with Gasteiger partial charge in [-0.15, -0.1) is 0 Å². The van der Waals surface area contributed by atoms with Gasteiger partial charge in [0.05, 0.1) is 16.4 Å². The van der Waals surface area contributed by atoms with Crippen molar-refractivity contribution >= 4 is 16.7 Å². The Morgan fingerprint density at radius 3 is 2.58 bits per heavy atom. The monoisotopic (exact) mass is 249 g/mol. The predicted octanol–water partition coefficient (Wildman–Crippen LogP) is 3.23. The van der Waals surface area contributed by atoms with E-state index in [0.29, 0.717) is 0 Å². The third-order valence-electron chi connectivity index (χ3n) is 4.04. The van der Waals surface area contributed by atoms with E-state index in [1.807, 2.05) is 18.2 Å². The second kappa shape index (κ2) is 3.60. The Morgan fingerprint density at radius 2 is 1.84 bits per heavy atom. The van der Waals surface area contributed by atoms with Crippen LogP contribution in [0.5, 0.6) is 0 Å². The van der Waals surface area contributed by atoms with Gasteiger partial charge in [-0.2, -0.15) is 0 Å². The fourth-order valence-corrected chi connectivity index (χ4v) is 2.80. The van der Waals surface area contributed by atoms with E-state index in [0.717, 1.165) is 35.4 Å². The number of aromatic amines is 1. The molecule has 0 spiro atoms. The lowest BCUT2D eigenvalue weighted by Crippen LogP contribution is -2.10. The Hall–Kier alpha value is -2.29. The van der Waals surface area contributed by atoms with Crippen LogP contribution >= 0.6 is 0 Å². The zero-order chi connectivity index (χ0) is 12.9. The minimum atomic E-state index is 0.0923. The highest BCUT2D eigenvalue weighted by Gasteiger charge is 2.48. The molecule has 3 heteroatoms. The molecule has 0 unspecified atom stereocenters. The topological polar surface area (TPSA) is 54.7 Å². The van der Waals surface area contributed by atoms with E-state index in [9.17, 15) is 0 Å². The fourth-order valence-electron chi connectivity index (χ4n) is 2.80. The largest absolute Gasteiger partial charge is 0.399 e. The lowest BCUT2D eigenvalue weighted by molar-refractivity contribution is 0.779. The highest BCUT2D eigenvalue weighted by atomic mass is 15.0. The molecule has 1 fully saturated rings. The molecule has 0 atom stereocenters. The van der Waals surface area contributed by atoms with Gasteiger partial charge in [-0.25, -0.2) is 4.98 Å². The van der Waals surface area contributed by atoms with Crippen molar-refractivity contribution in [2.75, 3.05) is 5.73 Å². The number of anilines is 1. The number of nitrogens with zero attached hydrogens (tertiary/aromatic N) is 1. The number of nitrogens with two attached hydrogens (primary N) is 1. The first-order valence-corrected chi connectivity index (χ1v) is 6.59. The number of benzene rings is 2. The van der Waals surface area contributed by atoms with Crippen LogP contribution < -0.4 is 5.73 Å². The molecule has 0 radical (unpaired) electrons. The molecule has 94 valence electrons. The zero-order valence-electron chi connectivity index (χ0n) is 10.6. The molecule has 4 rings (SSSR count). The third kappa shape index (κ3) is 1.55. The summed E-state index contributed by atoms with van der Waals surface area (Å²) >= 11 is 0. The first-order chi connectivity index (χ1) is 9.28. The summed E-state index contributed by atoms with van der Waals surface area (Å²) in [6.45, 7) is 0. The highest BCUT2D eigenvalue weighted by molar-refractivity contribution is 5.79. The fraction of sp³-hybridized carbons (Fsp3) is 0.188. The average Bonchev–Trinajstić information content (AvgIpc) is 3.14. The maximum Gasteiger partial charge on any atom is 0.117 e. The molecule has 1 heterocycles. The minimum Gasteiger partial charge on any atom is -0.399 e. The molecule has 0 aliphatic heterocycles. The Bertz CT molecular complexity index is 739. The summed E-state index contributed by atoms with van der Waals surface area (Å²) in [5.41, 5.74) is 10.1. The van der Waals surface area contributed by atoms with Gasteiger partial charge >= 0.3 is 0 Å². The van der Waals surface area contributed by atoms with Crippen molar-refractivity contribution in [2.45, 2.75) is 18.3 Å². The lowest BCUT2D eigenvalue weighted by Gasteiger charge is -2.12. The van der Waals surface area contributed by atoms with Crippen molar-refractivity contribution < 1.29 is 0 Å². The second-order valence-electron chi connectivity index (χ2n) is 5.31. The summed E-state index contributed by atoms with van der Waals surface area (Å²) in [7, 11) is 0. The molecule has 3 aromatic rings. The quantitative estimate of drug-likeness (QED) is 0.685. The number of imidazole rings is 1. The predicted molar refractivity (Wildman–Crippen MR) is 77.0 cm³/mol. The van der Waals surface area contributed by atoms with Crippen molar-refractivity contribution in [1.82, 2.24) is 9.97 Å². The average molecular weight is 249 g/mol. The Morgan fingerprint density at radius 1 is 1.05 bits per heavy atom. The maximum atomic E-state index is 5.82. The lowest BCUT2D eigenvalue weighted by atomic mass is 9.95. The van der Waals surface area contributed by atoms with Crippen molar-refractivity contribution in [3.63, 3.8) is 0 Å². The van der Waals surface area contributed by atoms with E-state index < -0.39 is 0 Å². The Kier molecular flexibility index (Phi) is 2.01. The number of hydrogen-bond acceptors (Lipinski definition) is 2. The van der Waals surface area contributed by atoms with Crippen molar-refractivity contribution in [3.05, 3.63) is 59.9 Å². The number of aromatic nitrogens is 2. The van der Waals surface area contributed by atoms with Gasteiger partial charge in [0.2, 0.25) is 0 Å². The third-order valence-corrected chi connectivity index (χ3v) is 4.04. The molecule has 0 amide bonds. The van der Waals surface area contributed by atoms with Gasteiger partial charge in [0.1, 0.15) is 5.82 Å². The van der Waals surface area contributed by atoms with Crippen LogP contribution in [0.3, 0.4) is 0 Å². The van der Waals surface area contributed by atoms with E-state index in [1.165, 1.54) is 5.56 Å². The maximum absolute atomic E-state index is 5.82. The van der Waals surface area contributed by atoms with Gasteiger partial charge in [-0.1, -0.05) is 30.3 Å². The molecule has 0 bridgehead atoms. The first kappa shape index (κ1) is 10.6. The number of rotatable bonds is 2. The molecule has 2 aromatic carbocycles. The van der Waals surface area contributed by atoms with Crippen LogP contribution in [-0.4, -0.2) is 9.97 Å². The van der Waals surface area contributed by atoms with Gasteiger partial charge in [0.15, 0.2) is 0 Å². The van der Waals surface area contributed by atoms with Crippen LogP contribution in [0, 0.1) is 0 Å². The zero-order valence-corrected chi connectivity index (χ0v) is 10.6. The van der Waals surface area contributed by atoms with Gasteiger partial charge in [0, 0.05) is 5.69 Å². The summed E-state index contributed by atoms with van der Waals surface area (Å²) in [6.07, 6.45) is 2.32. The molecule has 1 aliphatic rings. The van der Waals surface area contributed by atoms with Crippen LogP contribution in [0.1, 0.15) is 24.2 Å². The number of fused-ring (bicyclic) bond motifs is 1. The van der Waals surface area contributed by atoms with Gasteiger partial charge in [0.25, 0.3) is 0 Å². The summed E-state index contributed by atoms with van der Waals surface area (Å²) in [5, 5.41) is 0. The molecule has 1 aliphatic carbocycles. The summed E-state index contributed by atoms with van der Waals surface area (Å²) in [5.74, 6) is 1.07. The highest BCUT2D eigenvalue weighted by Crippen LogP contribution is 2.52. The standard InChI is InChI=1S/C16H15N3/c17-12-6-7-13-14(10-12)19-15(18-13)16(8-9-16)11-4-2-1-3-5-11/h1-7,10H,8-9,17H2,(H,18,19). The smallest absolute Gasteiger partial charge is 0.117 e. The van der Waals surface area contributed by atoms with E-state index >= 15 is 0 Å². The number of nitrogen functional groups attached to an aromatic ring is 1. The van der Waals surface area contributed by atoms with Gasteiger partial charge < -0.3 is 10.7 Å². The molecule has 3 nitrogen and oxygen atoms in total. The van der Waals surface area contributed by atoms with Crippen molar-refractivity contribution in [3.8, 4) is 0 Å². The minimum absolute atomic E-state index is 0.0923. The normalized spacial score (nSPS) is 16.6. The summed E-state index contributed by atoms with van der Waals surface area (Å²) in [4.78, 5) is 8.20. The van der Waals surface area contributed by atoms with E-state index in [4.69, 9.17) is 10.7 Å². The van der Waals surface area contributed by atoms with Crippen LogP contribution in [-0.2, 0) is 5.41 Å². The van der Waals surface area contributed by atoms with Crippen molar-refractivity contribution in [1.29, 1.82) is 0 Å². The molecular weight excluding hydrogens is 234 g/mol. The molecule has 1 aromatic heterocycles. The van der Waals surface area contributed by atoms with Crippen LogP contribution in [0.4, 0.5) is 5.69 Å². The molecule has 3 N–H and O–H groups in total. The number of nitrogens with one attached hydrogen (secondary N) is 1. The molecule has 19 heavy (non-hydrogen) atoms. The molecule has 0 saturated heterocycles. The molecular formula is C16H15N3. The van der Waals surface area contributed by atoms with E-state index in [-0.39, 0.29) is 5.41 Å². The SMILES string of the molecule is Nc1ccc2nc(C3(c4ccccc4)CC3)[nH]c2c1. The Balaban J connectivity index is 1.86. The number of H-pyrrole nitrogens is 1. The second-order valence-corrected chi connectivity index (χ2v) is 5.31.